The summed E-state index contributed by atoms with van der Waals surface area (Å²) in [4.78, 5) is 24.8. The van der Waals surface area contributed by atoms with E-state index in [0.29, 0.717) is 0 Å². The third-order valence-corrected chi connectivity index (χ3v) is 3.45. The summed E-state index contributed by atoms with van der Waals surface area (Å²) < 4.78 is 0. The summed E-state index contributed by atoms with van der Waals surface area (Å²) in [6.45, 7) is 7.04. The number of aliphatic carboxylic acids is 1. The molecule has 1 rings (SSSR count). The van der Waals surface area contributed by atoms with E-state index in [1.807, 2.05) is 13.8 Å². The van der Waals surface area contributed by atoms with Gasteiger partial charge in [-0.05, 0) is 40.0 Å². The second-order valence-corrected chi connectivity index (χ2v) is 5.26. The topological polar surface area (TPSA) is 69.6 Å². The van der Waals surface area contributed by atoms with Crippen LogP contribution in [0.25, 0.3) is 0 Å². The van der Waals surface area contributed by atoms with Gasteiger partial charge in [0.2, 0.25) is 0 Å². The van der Waals surface area contributed by atoms with Gasteiger partial charge in [-0.3, -0.25) is 0 Å². The SMILES string of the molecule is CCC1CCC(C)N1C(=O)NC(C)(C)C(=O)O. The first-order valence-corrected chi connectivity index (χ1v) is 6.13. The number of carboxylic acid groups (broad SMARTS) is 1. The first-order valence-electron chi connectivity index (χ1n) is 6.13. The molecule has 0 aromatic carbocycles. The smallest absolute Gasteiger partial charge is 0.328 e. The number of urea groups is 1. The van der Waals surface area contributed by atoms with Gasteiger partial charge >= 0.3 is 12.0 Å². The Morgan fingerprint density at radius 2 is 2.00 bits per heavy atom. The number of nitrogens with one attached hydrogen (secondary N) is 1. The highest BCUT2D eigenvalue weighted by Gasteiger charge is 2.37. The number of hydrogen-bond donors (Lipinski definition) is 2. The number of carboxylic acids is 1. The molecule has 2 N–H and O–H groups in total. The maximum atomic E-state index is 12.1. The minimum Gasteiger partial charge on any atom is -0.480 e. The number of carbonyl (C=O) groups excluding carboxylic acids is 1. The highest BCUT2D eigenvalue weighted by atomic mass is 16.4. The van der Waals surface area contributed by atoms with Crippen LogP contribution in [0.4, 0.5) is 4.79 Å². The zero-order chi connectivity index (χ0) is 13.2. The molecule has 1 heterocycles. The van der Waals surface area contributed by atoms with Crippen molar-refractivity contribution in [1.29, 1.82) is 0 Å². The second kappa shape index (κ2) is 4.94. The van der Waals surface area contributed by atoms with Gasteiger partial charge in [0.25, 0.3) is 0 Å². The van der Waals surface area contributed by atoms with Crippen LogP contribution in [0.1, 0.15) is 47.0 Å². The van der Waals surface area contributed by atoms with Gasteiger partial charge in [0, 0.05) is 12.1 Å². The molecule has 98 valence electrons. The average molecular weight is 242 g/mol. The Kier molecular flexibility index (Phi) is 4.01. The van der Waals surface area contributed by atoms with E-state index in [0.717, 1.165) is 19.3 Å². The molecule has 1 aliphatic heterocycles. The molecular weight excluding hydrogens is 220 g/mol. The molecule has 17 heavy (non-hydrogen) atoms. The highest BCUT2D eigenvalue weighted by molar-refractivity contribution is 5.85. The Balaban J connectivity index is 2.73. The third kappa shape index (κ3) is 2.90. The normalized spacial score (nSPS) is 24.8. The van der Waals surface area contributed by atoms with Crippen molar-refractivity contribution in [3.05, 3.63) is 0 Å². The Labute approximate surface area is 102 Å². The maximum absolute atomic E-state index is 12.1. The molecule has 1 fully saturated rings. The van der Waals surface area contributed by atoms with Gasteiger partial charge in [-0.25, -0.2) is 9.59 Å². The highest BCUT2D eigenvalue weighted by Crippen LogP contribution is 2.26. The lowest BCUT2D eigenvalue weighted by Gasteiger charge is -2.31. The molecule has 0 aromatic rings. The molecule has 0 aromatic heterocycles. The minimum atomic E-state index is -1.22. The van der Waals surface area contributed by atoms with Crippen molar-refractivity contribution >= 4 is 12.0 Å². The first kappa shape index (κ1) is 13.8. The zero-order valence-electron chi connectivity index (χ0n) is 11.0. The molecular formula is C12H22N2O3. The standard InChI is InChI=1S/C12H22N2O3/c1-5-9-7-6-8(2)14(9)11(17)13-12(3,4)10(15)16/h8-9H,5-7H2,1-4H3,(H,13,17)(H,15,16). The maximum Gasteiger partial charge on any atom is 0.328 e. The van der Waals surface area contributed by atoms with E-state index in [1.54, 1.807) is 4.90 Å². The van der Waals surface area contributed by atoms with E-state index in [-0.39, 0.29) is 18.1 Å². The van der Waals surface area contributed by atoms with E-state index < -0.39 is 11.5 Å². The minimum absolute atomic E-state index is 0.185. The van der Waals surface area contributed by atoms with E-state index >= 15 is 0 Å². The lowest BCUT2D eigenvalue weighted by atomic mass is 10.1. The number of nitrogens with zero attached hydrogens (tertiary/aromatic N) is 1. The zero-order valence-corrected chi connectivity index (χ0v) is 11.0. The Bertz CT molecular complexity index is 315. The van der Waals surface area contributed by atoms with Crippen molar-refractivity contribution in [2.45, 2.75) is 64.6 Å². The molecule has 0 spiro atoms. The number of carbonyl (C=O) groups is 2. The molecule has 0 radical (unpaired) electrons. The fourth-order valence-corrected chi connectivity index (χ4v) is 2.22. The van der Waals surface area contributed by atoms with Crippen molar-refractivity contribution in [1.82, 2.24) is 10.2 Å². The molecule has 5 nitrogen and oxygen atoms in total. The molecule has 1 saturated heterocycles. The lowest BCUT2D eigenvalue weighted by molar-refractivity contribution is -0.143. The van der Waals surface area contributed by atoms with E-state index in [9.17, 15) is 9.59 Å². The molecule has 0 bridgehead atoms. The van der Waals surface area contributed by atoms with E-state index in [4.69, 9.17) is 5.11 Å². The van der Waals surface area contributed by atoms with Crippen molar-refractivity contribution in [2.24, 2.45) is 0 Å². The van der Waals surface area contributed by atoms with Crippen molar-refractivity contribution in [3.8, 4) is 0 Å². The van der Waals surface area contributed by atoms with Crippen LogP contribution < -0.4 is 5.32 Å². The molecule has 2 unspecified atom stereocenters. The quantitative estimate of drug-likeness (QED) is 0.793. The van der Waals surface area contributed by atoms with Gasteiger partial charge in [0.1, 0.15) is 5.54 Å². The molecule has 2 atom stereocenters. The number of amides is 2. The summed E-state index contributed by atoms with van der Waals surface area (Å²) >= 11 is 0. The fraction of sp³-hybridized carbons (Fsp3) is 0.833. The van der Waals surface area contributed by atoms with E-state index in [1.165, 1.54) is 13.8 Å². The predicted octanol–water partition coefficient (Wildman–Crippen LogP) is 1.82. The van der Waals surface area contributed by atoms with Crippen LogP contribution >= 0.6 is 0 Å². The Morgan fingerprint density at radius 1 is 1.41 bits per heavy atom. The largest absolute Gasteiger partial charge is 0.480 e. The summed E-state index contributed by atoms with van der Waals surface area (Å²) in [5.41, 5.74) is -1.22. The first-order chi connectivity index (χ1) is 7.79. The number of hydrogen-bond acceptors (Lipinski definition) is 2. The van der Waals surface area contributed by atoms with Crippen LogP contribution in [0.2, 0.25) is 0 Å². The fourth-order valence-electron chi connectivity index (χ4n) is 2.22. The summed E-state index contributed by atoms with van der Waals surface area (Å²) in [7, 11) is 0. The van der Waals surface area contributed by atoms with E-state index in [2.05, 4.69) is 5.32 Å². The number of likely N-dealkylation sites (tertiary alicyclic amines) is 1. The van der Waals surface area contributed by atoms with Crippen molar-refractivity contribution in [3.63, 3.8) is 0 Å². The Hall–Kier alpha value is -1.26. The summed E-state index contributed by atoms with van der Waals surface area (Å²) in [6, 6.07) is 0.147. The van der Waals surface area contributed by atoms with Gasteiger partial charge in [-0.2, -0.15) is 0 Å². The van der Waals surface area contributed by atoms with Crippen LogP contribution in [-0.2, 0) is 4.79 Å². The molecule has 1 aliphatic rings. The van der Waals surface area contributed by atoms with Gasteiger partial charge in [-0.1, -0.05) is 6.92 Å². The molecule has 0 saturated carbocycles. The Morgan fingerprint density at radius 3 is 2.47 bits per heavy atom. The monoisotopic (exact) mass is 242 g/mol. The van der Waals surface area contributed by atoms with Gasteiger partial charge in [0.15, 0.2) is 0 Å². The molecule has 5 heteroatoms. The van der Waals surface area contributed by atoms with Gasteiger partial charge in [-0.15, -0.1) is 0 Å². The van der Waals surface area contributed by atoms with Crippen LogP contribution in [0.15, 0.2) is 0 Å². The average Bonchev–Trinajstić information content (AvgIpc) is 2.58. The second-order valence-electron chi connectivity index (χ2n) is 5.26. The van der Waals surface area contributed by atoms with Gasteiger partial charge < -0.3 is 15.3 Å². The van der Waals surface area contributed by atoms with Gasteiger partial charge in [0.05, 0.1) is 0 Å². The van der Waals surface area contributed by atoms with Crippen LogP contribution in [-0.4, -0.2) is 39.6 Å². The van der Waals surface area contributed by atoms with Crippen LogP contribution in [0.3, 0.4) is 0 Å². The molecule has 2 amide bonds. The summed E-state index contributed by atoms with van der Waals surface area (Å²) in [5, 5.41) is 11.6. The number of rotatable bonds is 3. The third-order valence-electron chi connectivity index (χ3n) is 3.45. The van der Waals surface area contributed by atoms with Crippen LogP contribution in [0.5, 0.6) is 0 Å². The van der Waals surface area contributed by atoms with Crippen LogP contribution in [0, 0.1) is 0 Å². The predicted molar refractivity (Wildman–Crippen MR) is 64.9 cm³/mol. The summed E-state index contributed by atoms with van der Waals surface area (Å²) in [6.07, 6.45) is 2.89. The van der Waals surface area contributed by atoms with Crippen molar-refractivity contribution in [2.75, 3.05) is 0 Å². The summed E-state index contributed by atoms with van der Waals surface area (Å²) in [5.74, 6) is -1.02. The lowest BCUT2D eigenvalue weighted by Crippen LogP contribution is -2.56. The molecule has 0 aliphatic carbocycles. The van der Waals surface area contributed by atoms with Crippen molar-refractivity contribution < 1.29 is 14.7 Å².